The zero-order chi connectivity index (χ0) is 6.85. The molecule has 0 atom stereocenters. The van der Waals surface area contributed by atoms with E-state index in [9.17, 15) is 0 Å². The molecule has 0 saturated heterocycles. The molecule has 0 aromatic rings. The molecule has 0 heterocycles. The third kappa shape index (κ3) is 7.16. The van der Waals surface area contributed by atoms with Crippen LogP contribution < -0.4 is 37.2 Å². The van der Waals surface area contributed by atoms with E-state index in [0.717, 1.165) is 6.42 Å². The number of hydrogen-bond donors (Lipinski definition) is 1. The fraction of sp³-hybridized carbons (Fsp3) is 0.500. The van der Waals surface area contributed by atoms with Gasteiger partial charge in [0.15, 0.2) is 0 Å². The molecule has 0 spiro atoms. The zero-order valence-corrected chi connectivity index (χ0v) is 12.3. The van der Waals surface area contributed by atoms with Crippen LogP contribution in [0.2, 0.25) is 0 Å². The summed E-state index contributed by atoms with van der Waals surface area (Å²) in [5.41, 5.74) is 3.78. The van der Waals surface area contributed by atoms with Crippen LogP contribution in [0.1, 0.15) is 20.3 Å². The minimum atomic E-state index is 0. The predicted molar refractivity (Wildman–Crippen MR) is 38.2 cm³/mol. The first-order valence-electron chi connectivity index (χ1n) is 3.20. The average molecular weight is 322 g/mol. The van der Waals surface area contributed by atoms with Crippen molar-refractivity contribution in [2.75, 3.05) is 6.61 Å². The number of aliphatic hydroxyl groups excluding tert-OH is 1. The molecule has 75 valence electrons. The van der Waals surface area contributed by atoms with E-state index in [0.29, 0.717) is 0 Å². The minimum absolute atomic E-state index is 0. The van der Waals surface area contributed by atoms with E-state index in [1.54, 1.807) is 0 Å². The molecule has 0 fully saturated rings. The fourth-order valence-electron chi connectivity index (χ4n) is 1.18. The molecule has 0 unspecified atom stereocenters. The molecule has 1 nitrogen and oxygen atoms in total. The fourth-order valence-corrected chi connectivity index (χ4v) is 1.18. The number of allylic oxidation sites excluding steroid dienone is 3. The summed E-state index contributed by atoms with van der Waals surface area (Å²) in [5, 5.41) is 8.76. The minimum Gasteiger partial charge on any atom is -1.00 e. The predicted octanol–water partition coefficient (Wildman–Crippen LogP) is -7.35. The van der Waals surface area contributed by atoms with E-state index in [-0.39, 0.29) is 70.0 Å². The molecular formula is C8H12Cl3OZr. The van der Waals surface area contributed by atoms with Gasteiger partial charge in [0.2, 0.25) is 0 Å². The third-order valence-electron chi connectivity index (χ3n) is 1.70. The van der Waals surface area contributed by atoms with Crippen LogP contribution in [0.4, 0.5) is 0 Å². The molecule has 1 aliphatic rings. The van der Waals surface area contributed by atoms with E-state index >= 15 is 0 Å². The van der Waals surface area contributed by atoms with Gasteiger partial charge in [-0.3, -0.25) is 0 Å². The molecule has 1 N–H and O–H groups in total. The number of halogens is 3. The molecule has 1 radical (unpaired) electrons. The first kappa shape index (κ1) is 23.8. The van der Waals surface area contributed by atoms with Crippen LogP contribution in [-0.4, -0.2) is 11.7 Å². The van der Waals surface area contributed by atoms with Crippen LogP contribution in [0, 0.1) is 0 Å². The van der Waals surface area contributed by atoms with Crippen LogP contribution >= 0.6 is 0 Å². The molecule has 0 aromatic carbocycles. The van der Waals surface area contributed by atoms with Crippen LogP contribution in [-0.2, 0) is 26.2 Å². The summed E-state index contributed by atoms with van der Waals surface area (Å²) in [7, 11) is 0. The molecule has 5 heteroatoms. The largest absolute Gasteiger partial charge is 3.00 e. The summed E-state index contributed by atoms with van der Waals surface area (Å²) in [6.07, 6.45) is 3.11. The van der Waals surface area contributed by atoms with Gasteiger partial charge < -0.3 is 42.3 Å². The van der Waals surface area contributed by atoms with Gasteiger partial charge in [-0.15, -0.1) is 0 Å². The molecule has 0 aliphatic heterocycles. The van der Waals surface area contributed by atoms with E-state index in [2.05, 4.69) is 13.0 Å². The van der Waals surface area contributed by atoms with Crippen molar-refractivity contribution in [1.82, 2.24) is 0 Å². The molecule has 0 amide bonds. The summed E-state index contributed by atoms with van der Waals surface area (Å²) >= 11 is 0. The third-order valence-corrected chi connectivity index (χ3v) is 1.70. The second-order valence-corrected chi connectivity index (χ2v) is 2.61. The van der Waals surface area contributed by atoms with Gasteiger partial charge in [-0.1, -0.05) is 11.6 Å². The van der Waals surface area contributed by atoms with E-state index in [4.69, 9.17) is 5.11 Å². The van der Waals surface area contributed by atoms with Gasteiger partial charge in [0, 0.05) is 0 Å². The molecular weight excluding hydrogens is 310 g/mol. The molecule has 0 aromatic heterocycles. The Kier molecular flexibility index (Phi) is 20.6. The summed E-state index contributed by atoms with van der Waals surface area (Å²) < 4.78 is 0. The number of rotatable bonds is 1. The Balaban J connectivity index is -0.000000101. The first-order valence-corrected chi connectivity index (χ1v) is 3.20. The van der Waals surface area contributed by atoms with Crippen molar-refractivity contribution in [3.63, 3.8) is 0 Å². The maximum atomic E-state index is 8.76. The SMILES string of the molecule is CC1=CC(C)=C(CO)C1.[Cl-].[Cl-].[Cl-].[Zr+3]. The van der Waals surface area contributed by atoms with Gasteiger partial charge in [0.25, 0.3) is 0 Å². The van der Waals surface area contributed by atoms with Crippen LogP contribution in [0.3, 0.4) is 0 Å². The Hall–Kier alpha value is 1.19. The Morgan fingerprint density at radius 3 is 1.85 bits per heavy atom. The van der Waals surface area contributed by atoms with E-state index < -0.39 is 0 Å². The summed E-state index contributed by atoms with van der Waals surface area (Å²) in [6, 6.07) is 0. The van der Waals surface area contributed by atoms with E-state index in [1.807, 2.05) is 6.92 Å². The number of hydrogen-bond acceptors (Lipinski definition) is 1. The van der Waals surface area contributed by atoms with Crippen molar-refractivity contribution in [3.8, 4) is 0 Å². The van der Waals surface area contributed by atoms with E-state index in [1.165, 1.54) is 16.7 Å². The van der Waals surface area contributed by atoms with Crippen molar-refractivity contribution < 1.29 is 68.5 Å². The maximum absolute atomic E-state index is 8.76. The van der Waals surface area contributed by atoms with Crippen LogP contribution in [0.25, 0.3) is 0 Å². The summed E-state index contributed by atoms with van der Waals surface area (Å²) in [5.74, 6) is 0. The zero-order valence-electron chi connectivity index (χ0n) is 7.57. The molecule has 1 aliphatic carbocycles. The molecule has 0 saturated carbocycles. The second-order valence-electron chi connectivity index (χ2n) is 2.61. The topological polar surface area (TPSA) is 20.2 Å². The molecule has 1 rings (SSSR count). The Labute approximate surface area is 117 Å². The standard InChI is InChI=1S/C8H12O.3ClH.Zr/c1-6-3-7(2)8(4-6)5-9;;;;/h3,9H,4-5H2,1-2H3;3*1H;/q;;;;+3/p-3. The van der Waals surface area contributed by atoms with Gasteiger partial charge >= 0.3 is 26.2 Å². The normalized spacial score (nSPS) is 13.0. The number of aliphatic hydroxyl groups is 1. The van der Waals surface area contributed by atoms with Crippen molar-refractivity contribution in [2.24, 2.45) is 0 Å². The van der Waals surface area contributed by atoms with Crippen molar-refractivity contribution in [2.45, 2.75) is 20.3 Å². The van der Waals surface area contributed by atoms with Crippen LogP contribution in [0.5, 0.6) is 0 Å². The Bertz CT molecular complexity index is 190. The van der Waals surface area contributed by atoms with Crippen molar-refractivity contribution in [1.29, 1.82) is 0 Å². The maximum Gasteiger partial charge on any atom is 3.00 e. The monoisotopic (exact) mass is 319 g/mol. The summed E-state index contributed by atoms with van der Waals surface area (Å²) in [4.78, 5) is 0. The molecule has 13 heavy (non-hydrogen) atoms. The van der Waals surface area contributed by atoms with Crippen molar-refractivity contribution in [3.05, 3.63) is 22.8 Å². The van der Waals surface area contributed by atoms with Gasteiger partial charge in [0.05, 0.1) is 6.61 Å². The first-order chi connectivity index (χ1) is 4.24. The quantitative estimate of drug-likeness (QED) is 0.509. The Morgan fingerprint density at radius 2 is 1.69 bits per heavy atom. The Morgan fingerprint density at radius 1 is 1.23 bits per heavy atom. The molecule has 0 bridgehead atoms. The van der Waals surface area contributed by atoms with Crippen LogP contribution in [0.15, 0.2) is 22.8 Å². The smallest absolute Gasteiger partial charge is 1.00 e. The van der Waals surface area contributed by atoms with Gasteiger partial charge in [-0.25, -0.2) is 0 Å². The van der Waals surface area contributed by atoms with Gasteiger partial charge in [-0.2, -0.15) is 0 Å². The van der Waals surface area contributed by atoms with Gasteiger partial charge in [0.1, 0.15) is 0 Å². The van der Waals surface area contributed by atoms with Gasteiger partial charge in [-0.05, 0) is 31.4 Å². The summed E-state index contributed by atoms with van der Waals surface area (Å²) in [6.45, 7) is 4.36. The van der Waals surface area contributed by atoms with Crippen molar-refractivity contribution >= 4 is 0 Å². The second kappa shape index (κ2) is 11.3. The average Bonchev–Trinajstić information content (AvgIpc) is 2.10.